The summed E-state index contributed by atoms with van der Waals surface area (Å²) in [5.74, 6) is 0.911. The molecular weight excluding hydrogens is 260 g/mol. The van der Waals surface area contributed by atoms with E-state index in [2.05, 4.69) is 24.1 Å². The molecule has 0 bridgehead atoms. The molecule has 1 aliphatic carbocycles. The summed E-state index contributed by atoms with van der Waals surface area (Å²) < 4.78 is 5.99. The van der Waals surface area contributed by atoms with E-state index in [-0.39, 0.29) is 0 Å². The van der Waals surface area contributed by atoms with Crippen LogP contribution in [0.1, 0.15) is 65.2 Å². The largest absolute Gasteiger partial charge is 0.377 e. The van der Waals surface area contributed by atoms with Crippen molar-refractivity contribution in [2.75, 3.05) is 32.8 Å². The van der Waals surface area contributed by atoms with Gasteiger partial charge in [-0.05, 0) is 57.5 Å². The van der Waals surface area contributed by atoms with Gasteiger partial charge in [0.05, 0.1) is 6.10 Å². The van der Waals surface area contributed by atoms with E-state index >= 15 is 0 Å². The second-order valence-electron chi connectivity index (χ2n) is 7.00. The second-order valence-corrected chi connectivity index (χ2v) is 7.00. The highest BCUT2D eigenvalue weighted by atomic mass is 16.5. The number of nitrogens with zero attached hydrogens (tertiary/aromatic N) is 1. The molecule has 0 aromatic carbocycles. The van der Waals surface area contributed by atoms with Gasteiger partial charge in [0, 0.05) is 25.7 Å². The molecule has 1 aliphatic heterocycles. The maximum Gasteiger partial charge on any atom is 0.0702 e. The van der Waals surface area contributed by atoms with E-state index in [0.717, 1.165) is 25.5 Å². The van der Waals surface area contributed by atoms with Gasteiger partial charge in [-0.2, -0.15) is 0 Å². The summed E-state index contributed by atoms with van der Waals surface area (Å²) in [6, 6.07) is 0.706. The van der Waals surface area contributed by atoms with Gasteiger partial charge in [-0.15, -0.1) is 0 Å². The van der Waals surface area contributed by atoms with Crippen molar-refractivity contribution in [3.63, 3.8) is 0 Å². The summed E-state index contributed by atoms with van der Waals surface area (Å²) in [6.07, 6.45) is 11.2. The average molecular weight is 296 g/mol. The summed E-state index contributed by atoms with van der Waals surface area (Å²) in [7, 11) is 0. The number of rotatable bonds is 9. The lowest BCUT2D eigenvalue weighted by atomic mass is 9.96. The van der Waals surface area contributed by atoms with Crippen LogP contribution in [0.4, 0.5) is 0 Å². The Balaban J connectivity index is 1.80. The van der Waals surface area contributed by atoms with E-state index in [1.165, 1.54) is 64.6 Å². The standard InChI is InChI=1S/C18H36N2O/c1-3-11-19-18(16-8-5-6-9-16)15-20-12-7-10-17(14-20)21-13-4-2/h16-19H,3-15H2,1-2H3. The smallest absolute Gasteiger partial charge is 0.0702 e. The van der Waals surface area contributed by atoms with Crippen molar-refractivity contribution in [3.8, 4) is 0 Å². The maximum absolute atomic E-state index is 5.99. The molecule has 2 unspecified atom stereocenters. The zero-order chi connectivity index (χ0) is 14.9. The van der Waals surface area contributed by atoms with Gasteiger partial charge in [-0.1, -0.05) is 26.7 Å². The molecule has 21 heavy (non-hydrogen) atoms. The number of hydrogen-bond acceptors (Lipinski definition) is 3. The predicted octanol–water partition coefficient (Wildman–Crippen LogP) is 3.44. The third kappa shape index (κ3) is 5.88. The minimum absolute atomic E-state index is 0.481. The van der Waals surface area contributed by atoms with E-state index < -0.39 is 0 Å². The highest BCUT2D eigenvalue weighted by molar-refractivity contribution is 4.85. The topological polar surface area (TPSA) is 24.5 Å². The van der Waals surface area contributed by atoms with Crippen molar-refractivity contribution in [1.82, 2.24) is 10.2 Å². The number of hydrogen-bond donors (Lipinski definition) is 1. The molecule has 2 fully saturated rings. The van der Waals surface area contributed by atoms with Gasteiger partial charge in [-0.25, -0.2) is 0 Å². The summed E-state index contributed by atoms with van der Waals surface area (Å²) in [5.41, 5.74) is 0. The van der Waals surface area contributed by atoms with E-state index in [1.54, 1.807) is 0 Å². The maximum atomic E-state index is 5.99. The Hall–Kier alpha value is -0.120. The Kier molecular flexibility index (Phi) is 8.05. The molecule has 0 spiro atoms. The van der Waals surface area contributed by atoms with Gasteiger partial charge >= 0.3 is 0 Å². The monoisotopic (exact) mass is 296 g/mol. The van der Waals surface area contributed by atoms with E-state index in [4.69, 9.17) is 4.74 Å². The zero-order valence-corrected chi connectivity index (χ0v) is 14.3. The van der Waals surface area contributed by atoms with Gasteiger partial charge in [0.15, 0.2) is 0 Å². The molecule has 1 saturated carbocycles. The molecule has 0 radical (unpaired) electrons. The summed E-state index contributed by atoms with van der Waals surface area (Å²) >= 11 is 0. The molecule has 1 saturated heterocycles. The third-order valence-corrected chi connectivity index (χ3v) is 5.10. The molecule has 1 N–H and O–H groups in total. The second kappa shape index (κ2) is 9.81. The van der Waals surface area contributed by atoms with E-state index in [1.807, 2.05) is 0 Å². The number of nitrogens with one attached hydrogen (secondary N) is 1. The summed E-state index contributed by atoms with van der Waals surface area (Å²) in [6.45, 7) is 10.2. The van der Waals surface area contributed by atoms with Crippen LogP contribution in [0.2, 0.25) is 0 Å². The Labute approximate surface area is 131 Å². The lowest BCUT2D eigenvalue weighted by molar-refractivity contribution is -0.00390. The summed E-state index contributed by atoms with van der Waals surface area (Å²) in [4.78, 5) is 2.66. The Morgan fingerprint density at radius 1 is 1.10 bits per heavy atom. The van der Waals surface area contributed by atoms with Gasteiger partial charge in [-0.3, -0.25) is 4.90 Å². The predicted molar refractivity (Wildman–Crippen MR) is 89.7 cm³/mol. The highest BCUT2D eigenvalue weighted by Gasteiger charge is 2.28. The van der Waals surface area contributed by atoms with Crippen LogP contribution >= 0.6 is 0 Å². The van der Waals surface area contributed by atoms with Crippen molar-refractivity contribution >= 4 is 0 Å². The molecular formula is C18H36N2O. The number of likely N-dealkylation sites (tertiary alicyclic amines) is 1. The normalized spacial score (nSPS) is 26.3. The first-order chi connectivity index (χ1) is 10.3. The van der Waals surface area contributed by atoms with Crippen LogP contribution in [-0.4, -0.2) is 49.8 Å². The highest BCUT2D eigenvalue weighted by Crippen LogP contribution is 2.28. The van der Waals surface area contributed by atoms with Crippen molar-refractivity contribution in [2.24, 2.45) is 5.92 Å². The number of piperidine rings is 1. The fourth-order valence-corrected chi connectivity index (χ4v) is 3.95. The average Bonchev–Trinajstić information content (AvgIpc) is 3.04. The van der Waals surface area contributed by atoms with Crippen molar-refractivity contribution in [3.05, 3.63) is 0 Å². The minimum Gasteiger partial charge on any atom is -0.377 e. The quantitative estimate of drug-likeness (QED) is 0.705. The van der Waals surface area contributed by atoms with Crippen LogP contribution in [0.5, 0.6) is 0 Å². The van der Waals surface area contributed by atoms with Crippen LogP contribution in [0.25, 0.3) is 0 Å². The first kappa shape index (κ1) is 17.2. The fraction of sp³-hybridized carbons (Fsp3) is 1.00. The number of ether oxygens (including phenoxy) is 1. The Bertz CT molecular complexity index is 266. The molecule has 0 aromatic heterocycles. The first-order valence-electron chi connectivity index (χ1n) is 9.40. The molecule has 2 atom stereocenters. The lowest BCUT2D eigenvalue weighted by Crippen LogP contribution is -2.49. The van der Waals surface area contributed by atoms with Gasteiger partial charge in [0.2, 0.25) is 0 Å². The molecule has 3 nitrogen and oxygen atoms in total. The summed E-state index contributed by atoms with van der Waals surface area (Å²) in [5, 5.41) is 3.83. The molecule has 2 aliphatic rings. The van der Waals surface area contributed by atoms with Crippen molar-refractivity contribution < 1.29 is 4.74 Å². The molecule has 0 aromatic rings. The van der Waals surface area contributed by atoms with Gasteiger partial charge < -0.3 is 10.1 Å². The first-order valence-corrected chi connectivity index (χ1v) is 9.40. The van der Waals surface area contributed by atoms with Crippen LogP contribution in [0.15, 0.2) is 0 Å². The SMILES string of the molecule is CCCNC(CN1CCCC(OCCC)C1)C1CCCC1. The van der Waals surface area contributed by atoms with Crippen molar-refractivity contribution in [2.45, 2.75) is 77.4 Å². The Morgan fingerprint density at radius 2 is 1.90 bits per heavy atom. The Morgan fingerprint density at radius 3 is 2.62 bits per heavy atom. The van der Waals surface area contributed by atoms with Gasteiger partial charge in [0.1, 0.15) is 0 Å². The minimum atomic E-state index is 0.481. The molecule has 3 heteroatoms. The lowest BCUT2D eigenvalue weighted by Gasteiger charge is -2.37. The third-order valence-electron chi connectivity index (χ3n) is 5.10. The molecule has 1 heterocycles. The van der Waals surface area contributed by atoms with Crippen LogP contribution in [0, 0.1) is 5.92 Å². The molecule has 0 amide bonds. The molecule has 2 rings (SSSR count). The zero-order valence-electron chi connectivity index (χ0n) is 14.3. The van der Waals surface area contributed by atoms with E-state index in [9.17, 15) is 0 Å². The fourth-order valence-electron chi connectivity index (χ4n) is 3.95. The van der Waals surface area contributed by atoms with Gasteiger partial charge in [0.25, 0.3) is 0 Å². The van der Waals surface area contributed by atoms with Crippen LogP contribution in [0.3, 0.4) is 0 Å². The van der Waals surface area contributed by atoms with Crippen LogP contribution < -0.4 is 5.32 Å². The van der Waals surface area contributed by atoms with E-state index in [0.29, 0.717) is 12.1 Å². The van der Waals surface area contributed by atoms with Crippen LogP contribution in [-0.2, 0) is 4.74 Å². The van der Waals surface area contributed by atoms with Crippen molar-refractivity contribution in [1.29, 1.82) is 0 Å². The molecule has 124 valence electrons.